The van der Waals surface area contributed by atoms with Crippen LogP contribution in [0.5, 0.6) is 0 Å². The predicted octanol–water partition coefficient (Wildman–Crippen LogP) is 1.65. The van der Waals surface area contributed by atoms with Gasteiger partial charge in [0.15, 0.2) is 0 Å². The molecule has 0 aliphatic rings. The summed E-state index contributed by atoms with van der Waals surface area (Å²) in [5, 5.41) is 5.24. The first-order valence-corrected chi connectivity index (χ1v) is 6.84. The van der Waals surface area contributed by atoms with E-state index in [9.17, 15) is 9.59 Å². The first kappa shape index (κ1) is 15.2. The first-order chi connectivity index (χ1) is 9.24. The van der Waals surface area contributed by atoms with Crippen LogP contribution in [0.25, 0.3) is 0 Å². The Bertz CT molecular complexity index is 390. The molecule has 1 rings (SSSR count). The summed E-state index contributed by atoms with van der Waals surface area (Å²) in [6.45, 7) is 3.14. The average Bonchev–Trinajstić information content (AvgIpc) is 2.44. The third-order valence-electron chi connectivity index (χ3n) is 2.81. The zero-order valence-corrected chi connectivity index (χ0v) is 11.4. The van der Waals surface area contributed by atoms with Gasteiger partial charge in [-0.25, -0.2) is 0 Å². The van der Waals surface area contributed by atoms with Gasteiger partial charge in [-0.3, -0.25) is 9.59 Å². The molecule has 0 aromatic heterocycles. The van der Waals surface area contributed by atoms with Crippen molar-refractivity contribution in [3.8, 4) is 0 Å². The number of carbonyl (C=O) groups excluding carboxylic acids is 2. The van der Waals surface area contributed by atoms with Gasteiger partial charge in [0.05, 0.1) is 0 Å². The highest BCUT2D eigenvalue weighted by atomic mass is 16.2. The van der Waals surface area contributed by atoms with Crippen LogP contribution in [-0.2, 0) is 16.0 Å². The summed E-state index contributed by atoms with van der Waals surface area (Å²) in [7, 11) is 0. The van der Waals surface area contributed by atoms with E-state index < -0.39 is 11.8 Å². The maximum Gasteiger partial charge on any atom is 0.309 e. The molecule has 0 aliphatic carbocycles. The number of unbranched alkanes of at least 4 members (excludes halogenated alkanes) is 2. The van der Waals surface area contributed by atoms with Gasteiger partial charge in [-0.05, 0) is 18.4 Å². The van der Waals surface area contributed by atoms with Gasteiger partial charge in [0.2, 0.25) is 0 Å². The van der Waals surface area contributed by atoms with Crippen LogP contribution in [0.4, 0.5) is 0 Å². The largest absolute Gasteiger partial charge is 0.348 e. The highest BCUT2D eigenvalue weighted by Gasteiger charge is 2.11. The summed E-state index contributed by atoms with van der Waals surface area (Å²) >= 11 is 0. The Morgan fingerprint density at radius 1 is 0.947 bits per heavy atom. The summed E-state index contributed by atoms with van der Waals surface area (Å²) in [5.41, 5.74) is 1.14. The van der Waals surface area contributed by atoms with Crippen molar-refractivity contribution >= 4 is 11.8 Å². The number of hydrogen-bond donors (Lipinski definition) is 2. The molecule has 1 aromatic rings. The number of carbonyl (C=O) groups is 2. The summed E-state index contributed by atoms with van der Waals surface area (Å²) in [5.74, 6) is -1.09. The van der Waals surface area contributed by atoms with E-state index in [2.05, 4.69) is 17.6 Å². The molecular formula is C15H22N2O2. The molecule has 0 fully saturated rings. The molecule has 4 heteroatoms. The molecule has 2 N–H and O–H groups in total. The third-order valence-corrected chi connectivity index (χ3v) is 2.81. The fraction of sp³-hybridized carbons (Fsp3) is 0.467. The molecule has 0 radical (unpaired) electrons. The van der Waals surface area contributed by atoms with Crippen LogP contribution in [-0.4, -0.2) is 24.9 Å². The minimum Gasteiger partial charge on any atom is -0.348 e. The van der Waals surface area contributed by atoms with Crippen molar-refractivity contribution in [1.29, 1.82) is 0 Å². The highest BCUT2D eigenvalue weighted by Crippen LogP contribution is 1.98. The Morgan fingerprint density at radius 2 is 1.58 bits per heavy atom. The second-order valence-electron chi connectivity index (χ2n) is 4.45. The van der Waals surface area contributed by atoms with Crippen molar-refractivity contribution in [2.75, 3.05) is 13.1 Å². The van der Waals surface area contributed by atoms with E-state index in [-0.39, 0.29) is 0 Å². The van der Waals surface area contributed by atoms with E-state index in [1.165, 1.54) is 0 Å². The lowest BCUT2D eigenvalue weighted by Gasteiger charge is -2.06. The van der Waals surface area contributed by atoms with Crippen LogP contribution in [0, 0.1) is 0 Å². The third kappa shape index (κ3) is 6.60. The van der Waals surface area contributed by atoms with E-state index >= 15 is 0 Å². The Hall–Kier alpha value is -1.84. The van der Waals surface area contributed by atoms with Crippen LogP contribution in [0.3, 0.4) is 0 Å². The van der Waals surface area contributed by atoms with Crippen LogP contribution < -0.4 is 10.6 Å². The summed E-state index contributed by atoms with van der Waals surface area (Å²) in [6.07, 6.45) is 3.81. The predicted molar refractivity (Wildman–Crippen MR) is 75.7 cm³/mol. The zero-order chi connectivity index (χ0) is 13.9. The lowest BCUT2D eigenvalue weighted by molar-refractivity contribution is -0.139. The second kappa shape index (κ2) is 9.14. The number of amides is 2. The number of hydrogen-bond acceptors (Lipinski definition) is 2. The Kier molecular flexibility index (Phi) is 7.32. The van der Waals surface area contributed by atoms with Gasteiger partial charge in [-0.15, -0.1) is 0 Å². The summed E-state index contributed by atoms with van der Waals surface area (Å²) < 4.78 is 0. The van der Waals surface area contributed by atoms with Gasteiger partial charge < -0.3 is 10.6 Å². The Morgan fingerprint density at radius 3 is 2.21 bits per heavy atom. The van der Waals surface area contributed by atoms with Gasteiger partial charge in [-0.2, -0.15) is 0 Å². The molecule has 0 atom stereocenters. The van der Waals surface area contributed by atoms with Gasteiger partial charge in [0.25, 0.3) is 0 Å². The van der Waals surface area contributed by atoms with Crippen LogP contribution in [0.1, 0.15) is 31.7 Å². The smallest absolute Gasteiger partial charge is 0.309 e. The number of rotatable bonds is 7. The molecule has 4 nitrogen and oxygen atoms in total. The fourth-order valence-corrected chi connectivity index (χ4v) is 1.70. The zero-order valence-electron chi connectivity index (χ0n) is 11.4. The fourth-order valence-electron chi connectivity index (χ4n) is 1.70. The van der Waals surface area contributed by atoms with Crippen LogP contribution >= 0.6 is 0 Å². The molecule has 0 bridgehead atoms. The lowest BCUT2D eigenvalue weighted by atomic mass is 10.1. The van der Waals surface area contributed by atoms with Gasteiger partial charge in [-0.1, -0.05) is 50.1 Å². The van der Waals surface area contributed by atoms with Crippen LogP contribution in [0.15, 0.2) is 30.3 Å². The van der Waals surface area contributed by atoms with Crippen molar-refractivity contribution in [3.63, 3.8) is 0 Å². The quantitative estimate of drug-likeness (QED) is 0.580. The molecular weight excluding hydrogens is 240 g/mol. The minimum absolute atomic E-state index is 0.477. The van der Waals surface area contributed by atoms with Gasteiger partial charge in [0.1, 0.15) is 0 Å². The standard InChI is InChI=1S/C15H22N2O2/c1-2-3-7-11-16-14(18)15(19)17-12-10-13-8-5-4-6-9-13/h4-6,8-9H,2-3,7,10-12H2,1H3,(H,16,18)(H,17,19). The molecule has 0 saturated carbocycles. The molecule has 0 unspecified atom stereocenters. The van der Waals surface area contributed by atoms with E-state index in [0.29, 0.717) is 13.1 Å². The lowest BCUT2D eigenvalue weighted by Crippen LogP contribution is -2.40. The van der Waals surface area contributed by atoms with Crippen molar-refractivity contribution in [2.45, 2.75) is 32.6 Å². The molecule has 2 amide bonds. The normalized spacial score (nSPS) is 9.95. The van der Waals surface area contributed by atoms with E-state index in [1.807, 2.05) is 30.3 Å². The van der Waals surface area contributed by atoms with E-state index in [4.69, 9.17) is 0 Å². The van der Waals surface area contributed by atoms with E-state index in [0.717, 1.165) is 31.2 Å². The maximum absolute atomic E-state index is 11.5. The maximum atomic E-state index is 11.5. The molecule has 0 spiro atoms. The molecule has 1 aromatic carbocycles. The molecule has 0 heterocycles. The number of benzene rings is 1. The van der Waals surface area contributed by atoms with Crippen molar-refractivity contribution in [1.82, 2.24) is 10.6 Å². The highest BCUT2D eigenvalue weighted by molar-refractivity contribution is 6.35. The van der Waals surface area contributed by atoms with E-state index in [1.54, 1.807) is 0 Å². The monoisotopic (exact) mass is 262 g/mol. The summed E-state index contributed by atoms with van der Waals surface area (Å²) in [6, 6.07) is 9.86. The first-order valence-electron chi connectivity index (χ1n) is 6.84. The second-order valence-corrected chi connectivity index (χ2v) is 4.45. The van der Waals surface area contributed by atoms with Crippen molar-refractivity contribution in [2.24, 2.45) is 0 Å². The van der Waals surface area contributed by atoms with Gasteiger partial charge >= 0.3 is 11.8 Å². The summed E-state index contributed by atoms with van der Waals surface area (Å²) in [4.78, 5) is 22.9. The Labute approximate surface area is 114 Å². The topological polar surface area (TPSA) is 58.2 Å². The number of nitrogens with one attached hydrogen (secondary N) is 2. The van der Waals surface area contributed by atoms with Crippen LogP contribution in [0.2, 0.25) is 0 Å². The molecule has 0 aliphatic heterocycles. The Balaban J connectivity index is 2.14. The molecule has 0 saturated heterocycles. The minimum atomic E-state index is -0.549. The SMILES string of the molecule is CCCCCNC(=O)C(=O)NCCc1ccccc1. The molecule has 104 valence electrons. The van der Waals surface area contributed by atoms with Crippen molar-refractivity contribution in [3.05, 3.63) is 35.9 Å². The molecule has 19 heavy (non-hydrogen) atoms. The van der Waals surface area contributed by atoms with Gasteiger partial charge in [0, 0.05) is 13.1 Å². The van der Waals surface area contributed by atoms with Crippen molar-refractivity contribution < 1.29 is 9.59 Å². The average molecular weight is 262 g/mol.